The predicted octanol–water partition coefficient (Wildman–Crippen LogP) is 2.08. The maximum absolute atomic E-state index is 14.0. The maximum atomic E-state index is 14.0. The number of halogens is 1. The topological polar surface area (TPSA) is 84.2 Å². The van der Waals surface area contributed by atoms with Crippen LogP contribution in [-0.2, 0) is 10.2 Å². The van der Waals surface area contributed by atoms with Crippen LogP contribution in [0, 0.1) is 12.7 Å². The molecule has 2 aromatic heterocycles. The van der Waals surface area contributed by atoms with E-state index in [9.17, 15) is 9.18 Å². The van der Waals surface area contributed by atoms with E-state index in [4.69, 9.17) is 0 Å². The highest BCUT2D eigenvalue weighted by Gasteiger charge is 2.24. The van der Waals surface area contributed by atoms with Crippen molar-refractivity contribution in [3.63, 3.8) is 0 Å². The summed E-state index contributed by atoms with van der Waals surface area (Å²) in [5.74, 6) is 0.743. The lowest BCUT2D eigenvalue weighted by Gasteiger charge is -2.26. The Labute approximate surface area is 150 Å². The van der Waals surface area contributed by atoms with Crippen LogP contribution in [0.4, 0.5) is 10.2 Å². The van der Waals surface area contributed by atoms with Gasteiger partial charge in [0, 0.05) is 12.0 Å². The van der Waals surface area contributed by atoms with Gasteiger partial charge in [0.2, 0.25) is 5.91 Å². The second-order valence-electron chi connectivity index (χ2n) is 6.73. The molecule has 0 aliphatic carbocycles. The van der Waals surface area contributed by atoms with Crippen molar-refractivity contribution in [2.45, 2.75) is 26.2 Å². The van der Waals surface area contributed by atoms with Gasteiger partial charge < -0.3 is 10.6 Å². The van der Waals surface area contributed by atoms with Gasteiger partial charge in [-0.05, 0) is 30.7 Å². The molecule has 136 valence electrons. The van der Waals surface area contributed by atoms with Gasteiger partial charge in [-0.3, -0.25) is 4.79 Å². The molecule has 0 fully saturated rings. The lowest BCUT2D eigenvalue weighted by Crippen LogP contribution is -2.39. The Morgan fingerprint density at radius 3 is 2.73 bits per heavy atom. The molecule has 1 aromatic carbocycles. The second-order valence-corrected chi connectivity index (χ2v) is 6.73. The standard InChI is InChI=1S/C18H21FN6O/c1-12-22-23-16-9-8-15(24-25(12)16)20-10-17(26)21-11-18(2,3)13-6-4-5-7-14(13)19/h4-9H,10-11H2,1-3H3,(H,20,24)(H,21,26). The van der Waals surface area contributed by atoms with Crippen LogP contribution in [0.2, 0.25) is 0 Å². The number of carbonyl (C=O) groups excluding carboxylic acids is 1. The first kappa shape index (κ1) is 17.8. The quantitative estimate of drug-likeness (QED) is 0.706. The Morgan fingerprint density at radius 1 is 1.19 bits per heavy atom. The first-order valence-corrected chi connectivity index (χ1v) is 8.31. The van der Waals surface area contributed by atoms with Gasteiger partial charge in [0.25, 0.3) is 0 Å². The number of nitrogens with one attached hydrogen (secondary N) is 2. The Kier molecular flexibility index (Phi) is 4.83. The van der Waals surface area contributed by atoms with Crippen LogP contribution < -0.4 is 10.6 Å². The molecule has 0 spiro atoms. The average molecular weight is 356 g/mol. The largest absolute Gasteiger partial charge is 0.360 e. The molecule has 0 saturated carbocycles. The minimum Gasteiger partial charge on any atom is -0.360 e. The number of fused-ring (bicyclic) bond motifs is 1. The summed E-state index contributed by atoms with van der Waals surface area (Å²) in [6, 6.07) is 10.1. The molecular weight excluding hydrogens is 335 g/mol. The van der Waals surface area contributed by atoms with Crippen molar-refractivity contribution in [3.8, 4) is 0 Å². The molecule has 1 amide bonds. The Hall–Kier alpha value is -3.03. The Morgan fingerprint density at radius 2 is 1.96 bits per heavy atom. The van der Waals surface area contributed by atoms with Gasteiger partial charge >= 0.3 is 0 Å². The average Bonchev–Trinajstić information content (AvgIpc) is 2.99. The third-order valence-electron chi connectivity index (χ3n) is 4.18. The molecule has 0 bridgehead atoms. The lowest BCUT2D eigenvalue weighted by atomic mass is 9.84. The minimum absolute atomic E-state index is 0.0625. The van der Waals surface area contributed by atoms with Crippen molar-refractivity contribution < 1.29 is 9.18 Å². The summed E-state index contributed by atoms with van der Waals surface area (Å²) in [6.45, 7) is 5.97. The molecule has 0 aliphatic rings. The van der Waals surface area contributed by atoms with E-state index in [0.29, 0.717) is 29.4 Å². The van der Waals surface area contributed by atoms with Crippen LogP contribution in [0.3, 0.4) is 0 Å². The van der Waals surface area contributed by atoms with Crippen LogP contribution in [-0.4, -0.2) is 38.8 Å². The number of aryl methyl sites for hydroxylation is 1. The highest BCUT2D eigenvalue weighted by Crippen LogP contribution is 2.24. The number of aromatic nitrogens is 4. The van der Waals surface area contributed by atoms with Crippen LogP contribution >= 0.6 is 0 Å². The fourth-order valence-electron chi connectivity index (χ4n) is 2.65. The third kappa shape index (κ3) is 3.79. The van der Waals surface area contributed by atoms with Crippen molar-refractivity contribution in [3.05, 3.63) is 53.6 Å². The molecule has 3 rings (SSSR count). The summed E-state index contributed by atoms with van der Waals surface area (Å²) in [6.07, 6.45) is 0. The van der Waals surface area contributed by atoms with E-state index >= 15 is 0 Å². The van der Waals surface area contributed by atoms with Crippen molar-refractivity contribution in [2.75, 3.05) is 18.4 Å². The van der Waals surface area contributed by atoms with E-state index in [1.807, 2.05) is 13.8 Å². The number of anilines is 1. The molecule has 0 aliphatic heterocycles. The minimum atomic E-state index is -0.516. The molecule has 26 heavy (non-hydrogen) atoms. The van der Waals surface area contributed by atoms with Gasteiger partial charge in [-0.2, -0.15) is 4.52 Å². The number of amides is 1. The second kappa shape index (κ2) is 7.07. The highest BCUT2D eigenvalue weighted by molar-refractivity contribution is 5.80. The summed E-state index contributed by atoms with van der Waals surface area (Å²) >= 11 is 0. The molecule has 0 saturated heterocycles. The monoisotopic (exact) mass is 356 g/mol. The summed E-state index contributed by atoms with van der Waals surface area (Å²) in [5.41, 5.74) is 0.699. The first-order valence-electron chi connectivity index (χ1n) is 8.31. The summed E-state index contributed by atoms with van der Waals surface area (Å²) in [5, 5.41) is 18.0. The van der Waals surface area contributed by atoms with E-state index in [-0.39, 0.29) is 18.3 Å². The lowest BCUT2D eigenvalue weighted by molar-refractivity contribution is -0.119. The van der Waals surface area contributed by atoms with Gasteiger partial charge in [-0.25, -0.2) is 4.39 Å². The number of hydrogen-bond acceptors (Lipinski definition) is 5. The van der Waals surface area contributed by atoms with E-state index in [1.165, 1.54) is 6.07 Å². The highest BCUT2D eigenvalue weighted by atomic mass is 19.1. The van der Waals surface area contributed by atoms with E-state index in [1.54, 1.807) is 41.8 Å². The first-order chi connectivity index (χ1) is 12.4. The number of benzene rings is 1. The molecule has 3 aromatic rings. The van der Waals surface area contributed by atoms with Crippen LogP contribution in [0.5, 0.6) is 0 Å². The zero-order valence-electron chi connectivity index (χ0n) is 15.0. The number of rotatable bonds is 6. The maximum Gasteiger partial charge on any atom is 0.239 e. The van der Waals surface area contributed by atoms with E-state index < -0.39 is 5.41 Å². The van der Waals surface area contributed by atoms with Gasteiger partial charge in [0.15, 0.2) is 11.5 Å². The van der Waals surface area contributed by atoms with Gasteiger partial charge in [-0.1, -0.05) is 32.0 Å². The van der Waals surface area contributed by atoms with Gasteiger partial charge in [0.1, 0.15) is 11.6 Å². The molecule has 2 heterocycles. The Balaban J connectivity index is 1.56. The predicted molar refractivity (Wildman–Crippen MR) is 96.4 cm³/mol. The molecule has 8 heteroatoms. The van der Waals surface area contributed by atoms with E-state index in [0.717, 1.165) is 0 Å². The fourth-order valence-corrected chi connectivity index (χ4v) is 2.65. The summed E-state index contributed by atoms with van der Waals surface area (Å²) < 4.78 is 15.6. The Bertz CT molecular complexity index is 936. The molecule has 0 atom stereocenters. The van der Waals surface area contributed by atoms with Crippen molar-refractivity contribution >= 4 is 17.4 Å². The normalized spacial score (nSPS) is 11.5. The zero-order valence-corrected chi connectivity index (χ0v) is 15.0. The summed E-state index contributed by atoms with van der Waals surface area (Å²) in [7, 11) is 0. The van der Waals surface area contributed by atoms with Crippen LogP contribution in [0.25, 0.3) is 5.65 Å². The van der Waals surface area contributed by atoms with Crippen LogP contribution in [0.15, 0.2) is 36.4 Å². The molecule has 0 radical (unpaired) electrons. The SMILES string of the molecule is Cc1nnc2ccc(NCC(=O)NCC(C)(C)c3ccccc3F)nn12. The molecular formula is C18H21FN6O. The third-order valence-corrected chi connectivity index (χ3v) is 4.18. The van der Waals surface area contributed by atoms with Crippen molar-refractivity contribution in [1.82, 2.24) is 25.1 Å². The zero-order chi connectivity index (χ0) is 18.7. The number of nitrogens with zero attached hydrogens (tertiary/aromatic N) is 4. The number of carbonyl (C=O) groups is 1. The van der Waals surface area contributed by atoms with Gasteiger partial charge in [-0.15, -0.1) is 15.3 Å². The summed E-state index contributed by atoms with van der Waals surface area (Å²) in [4.78, 5) is 12.1. The molecule has 2 N–H and O–H groups in total. The van der Waals surface area contributed by atoms with Crippen LogP contribution in [0.1, 0.15) is 25.2 Å². The van der Waals surface area contributed by atoms with Crippen molar-refractivity contribution in [2.24, 2.45) is 0 Å². The fraction of sp³-hybridized carbons (Fsp3) is 0.333. The van der Waals surface area contributed by atoms with E-state index in [2.05, 4.69) is 25.9 Å². The van der Waals surface area contributed by atoms with Gasteiger partial charge in [0.05, 0.1) is 6.54 Å². The number of hydrogen-bond donors (Lipinski definition) is 2. The smallest absolute Gasteiger partial charge is 0.239 e. The van der Waals surface area contributed by atoms with Crippen molar-refractivity contribution in [1.29, 1.82) is 0 Å². The molecule has 0 unspecified atom stereocenters. The molecule has 7 nitrogen and oxygen atoms in total.